The minimum Gasteiger partial charge on any atom is -0.376 e. The van der Waals surface area contributed by atoms with Gasteiger partial charge in [0.2, 0.25) is 0 Å². The van der Waals surface area contributed by atoms with Gasteiger partial charge in [-0.25, -0.2) is 0 Å². The Morgan fingerprint density at radius 3 is 2.47 bits per heavy atom. The second-order valence-electron chi connectivity index (χ2n) is 5.04. The largest absolute Gasteiger partial charge is 0.376 e. The van der Waals surface area contributed by atoms with Crippen molar-refractivity contribution >= 4 is 0 Å². The average Bonchev–Trinajstić information content (AvgIpc) is 2.29. The third kappa shape index (κ3) is 4.49. The summed E-state index contributed by atoms with van der Waals surface area (Å²) in [5.74, 6) is 0.560. The molecule has 0 bridgehead atoms. The molecule has 0 aliphatic rings. The standard InChI is InChI=1S/C15H25NO/c1-11(2)13(4)17-10-15(16-5)14-8-6-7-12(3)9-14/h6-9,11,13,15-16H,10H2,1-5H3. The highest BCUT2D eigenvalue weighted by molar-refractivity contribution is 5.25. The second kappa shape index (κ2) is 6.77. The molecule has 17 heavy (non-hydrogen) atoms. The molecule has 2 atom stereocenters. The zero-order chi connectivity index (χ0) is 12.8. The molecule has 0 saturated heterocycles. The molecule has 2 nitrogen and oxygen atoms in total. The minimum absolute atomic E-state index is 0.274. The third-order valence-corrected chi connectivity index (χ3v) is 3.26. The lowest BCUT2D eigenvalue weighted by Gasteiger charge is -2.22. The van der Waals surface area contributed by atoms with Crippen molar-refractivity contribution in [3.63, 3.8) is 0 Å². The van der Waals surface area contributed by atoms with E-state index < -0.39 is 0 Å². The van der Waals surface area contributed by atoms with Crippen LogP contribution in [0.1, 0.15) is 37.9 Å². The fourth-order valence-electron chi connectivity index (χ4n) is 1.67. The van der Waals surface area contributed by atoms with Gasteiger partial charge in [0.25, 0.3) is 0 Å². The van der Waals surface area contributed by atoms with Gasteiger partial charge in [0.1, 0.15) is 0 Å². The molecule has 0 heterocycles. The maximum absolute atomic E-state index is 5.89. The van der Waals surface area contributed by atoms with E-state index in [2.05, 4.69) is 57.3 Å². The molecule has 0 saturated carbocycles. The summed E-state index contributed by atoms with van der Waals surface area (Å²) in [5, 5.41) is 3.31. The van der Waals surface area contributed by atoms with E-state index in [9.17, 15) is 0 Å². The van der Waals surface area contributed by atoms with E-state index in [0.29, 0.717) is 12.0 Å². The van der Waals surface area contributed by atoms with E-state index in [1.165, 1.54) is 11.1 Å². The Bertz CT molecular complexity index is 335. The zero-order valence-corrected chi connectivity index (χ0v) is 11.7. The maximum atomic E-state index is 5.89. The SMILES string of the molecule is CNC(COC(C)C(C)C)c1cccc(C)c1. The maximum Gasteiger partial charge on any atom is 0.0665 e. The summed E-state index contributed by atoms with van der Waals surface area (Å²) in [6.45, 7) is 9.35. The molecule has 1 aromatic rings. The van der Waals surface area contributed by atoms with Crippen LogP contribution in [0.3, 0.4) is 0 Å². The number of ether oxygens (including phenoxy) is 1. The molecular formula is C15H25NO. The predicted molar refractivity (Wildman–Crippen MR) is 73.2 cm³/mol. The lowest BCUT2D eigenvalue weighted by molar-refractivity contribution is 0.0229. The molecule has 0 radical (unpaired) electrons. The van der Waals surface area contributed by atoms with Gasteiger partial charge in [-0.15, -0.1) is 0 Å². The number of rotatable bonds is 6. The van der Waals surface area contributed by atoms with Crippen LogP contribution < -0.4 is 5.32 Å². The number of likely N-dealkylation sites (N-methyl/N-ethyl adjacent to an activating group) is 1. The smallest absolute Gasteiger partial charge is 0.0665 e. The van der Waals surface area contributed by atoms with Gasteiger partial charge in [0, 0.05) is 0 Å². The molecule has 2 heteroatoms. The fraction of sp³-hybridized carbons (Fsp3) is 0.600. The zero-order valence-electron chi connectivity index (χ0n) is 11.7. The van der Waals surface area contributed by atoms with Gasteiger partial charge in [-0.1, -0.05) is 43.7 Å². The van der Waals surface area contributed by atoms with Crippen molar-refractivity contribution in [2.45, 2.75) is 39.8 Å². The van der Waals surface area contributed by atoms with E-state index in [-0.39, 0.29) is 6.04 Å². The molecule has 96 valence electrons. The Morgan fingerprint density at radius 2 is 1.94 bits per heavy atom. The van der Waals surface area contributed by atoms with Gasteiger partial charge in [-0.2, -0.15) is 0 Å². The highest BCUT2D eigenvalue weighted by Gasteiger charge is 2.13. The van der Waals surface area contributed by atoms with Crippen molar-refractivity contribution < 1.29 is 4.74 Å². The van der Waals surface area contributed by atoms with Crippen molar-refractivity contribution in [1.82, 2.24) is 5.32 Å². The summed E-state index contributed by atoms with van der Waals surface area (Å²) in [6.07, 6.45) is 0.302. The van der Waals surface area contributed by atoms with E-state index in [0.717, 1.165) is 6.61 Å². The molecule has 0 aliphatic carbocycles. The lowest BCUT2D eigenvalue weighted by Crippen LogP contribution is -2.26. The van der Waals surface area contributed by atoms with Crippen molar-refractivity contribution in [2.75, 3.05) is 13.7 Å². The Balaban J connectivity index is 2.60. The van der Waals surface area contributed by atoms with Gasteiger partial charge < -0.3 is 10.1 Å². The quantitative estimate of drug-likeness (QED) is 0.816. The van der Waals surface area contributed by atoms with Gasteiger partial charge in [0.05, 0.1) is 18.8 Å². The summed E-state index contributed by atoms with van der Waals surface area (Å²) < 4.78 is 5.89. The summed E-state index contributed by atoms with van der Waals surface area (Å²) in [7, 11) is 1.98. The van der Waals surface area contributed by atoms with Crippen LogP contribution in [-0.2, 0) is 4.74 Å². The van der Waals surface area contributed by atoms with Crippen LogP contribution >= 0.6 is 0 Å². The van der Waals surface area contributed by atoms with E-state index in [1.54, 1.807) is 0 Å². The Morgan fingerprint density at radius 1 is 1.24 bits per heavy atom. The second-order valence-corrected chi connectivity index (χ2v) is 5.04. The first kappa shape index (κ1) is 14.2. The van der Waals surface area contributed by atoms with Gasteiger partial charge >= 0.3 is 0 Å². The first-order valence-electron chi connectivity index (χ1n) is 6.40. The fourth-order valence-corrected chi connectivity index (χ4v) is 1.67. The van der Waals surface area contributed by atoms with Crippen molar-refractivity contribution in [2.24, 2.45) is 5.92 Å². The third-order valence-electron chi connectivity index (χ3n) is 3.26. The molecule has 1 N–H and O–H groups in total. The van der Waals surface area contributed by atoms with Gasteiger partial charge in [-0.05, 0) is 32.4 Å². The van der Waals surface area contributed by atoms with E-state index in [4.69, 9.17) is 4.74 Å². The normalized spacial score (nSPS) is 14.9. The number of benzene rings is 1. The van der Waals surface area contributed by atoms with Crippen LogP contribution in [0.4, 0.5) is 0 Å². The average molecular weight is 235 g/mol. The summed E-state index contributed by atoms with van der Waals surface area (Å²) >= 11 is 0. The molecule has 0 fully saturated rings. The first-order chi connectivity index (χ1) is 8.04. The number of aryl methyl sites for hydroxylation is 1. The minimum atomic E-state index is 0.274. The van der Waals surface area contributed by atoms with Crippen molar-refractivity contribution in [3.8, 4) is 0 Å². The molecule has 1 rings (SSSR count). The molecular weight excluding hydrogens is 210 g/mol. The number of hydrogen-bond donors (Lipinski definition) is 1. The van der Waals surface area contributed by atoms with Crippen LogP contribution in [-0.4, -0.2) is 19.8 Å². The lowest BCUT2D eigenvalue weighted by atomic mass is 10.0. The highest BCUT2D eigenvalue weighted by atomic mass is 16.5. The van der Waals surface area contributed by atoms with E-state index >= 15 is 0 Å². The summed E-state index contributed by atoms with van der Waals surface area (Å²) in [6, 6.07) is 8.85. The molecule has 1 aromatic carbocycles. The van der Waals surface area contributed by atoms with Crippen LogP contribution in [0, 0.1) is 12.8 Å². The first-order valence-corrected chi connectivity index (χ1v) is 6.40. The molecule has 0 amide bonds. The van der Waals surface area contributed by atoms with Crippen LogP contribution in [0.25, 0.3) is 0 Å². The predicted octanol–water partition coefficient (Wildman–Crippen LogP) is 3.32. The van der Waals surface area contributed by atoms with Gasteiger partial charge in [-0.3, -0.25) is 0 Å². The summed E-state index contributed by atoms with van der Waals surface area (Å²) in [5.41, 5.74) is 2.59. The Labute approximate surface area is 105 Å². The van der Waals surface area contributed by atoms with Crippen LogP contribution in [0.5, 0.6) is 0 Å². The van der Waals surface area contributed by atoms with E-state index in [1.807, 2.05) is 7.05 Å². The Hall–Kier alpha value is -0.860. The van der Waals surface area contributed by atoms with Crippen molar-refractivity contribution in [1.29, 1.82) is 0 Å². The van der Waals surface area contributed by atoms with Crippen LogP contribution in [0.2, 0.25) is 0 Å². The van der Waals surface area contributed by atoms with Crippen LogP contribution in [0.15, 0.2) is 24.3 Å². The molecule has 2 unspecified atom stereocenters. The molecule has 0 aromatic heterocycles. The monoisotopic (exact) mass is 235 g/mol. The number of hydrogen-bond acceptors (Lipinski definition) is 2. The van der Waals surface area contributed by atoms with Gasteiger partial charge in [0.15, 0.2) is 0 Å². The molecule has 0 spiro atoms. The Kier molecular flexibility index (Phi) is 5.66. The number of nitrogens with one attached hydrogen (secondary N) is 1. The van der Waals surface area contributed by atoms with Crippen molar-refractivity contribution in [3.05, 3.63) is 35.4 Å². The topological polar surface area (TPSA) is 21.3 Å². The summed E-state index contributed by atoms with van der Waals surface area (Å²) in [4.78, 5) is 0. The molecule has 0 aliphatic heterocycles. The highest BCUT2D eigenvalue weighted by Crippen LogP contribution is 2.16.